The van der Waals surface area contributed by atoms with Gasteiger partial charge in [-0.2, -0.15) is 5.10 Å². The number of carbonyl (C=O) groups is 2. The molecule has 0 radical (unpaired) electrons. The molecule has 6 nitrogen and oxygen atoms in total. The molecule has 1 aliphatic heterocycles. The number of benzene rings is 1. The lowest BCUT2D eigenvalue weighted by molar-refractivity contribution is -0.130. The van der Waals surface area contributed by atoms with E-state index in [0.29, 0.717) is 23.1 Å². The van der Waals surface area contributed by atoms with Crippen LogP contribution in [0.1, 0.15) is 36.7 Å². The first-order chi connectivity index (χ1) is 13.3. The summed E-state index contributed by atoms with van der Waals surface area (Å²) in [6, 6.07) is 5.44. The van der Waals surface area contributed by atoms with Gasteiger partial charge in [0.2, 0.25) is 11.8 Å². The molecule has 1 aliphatic rings. The molecule has 2 aromatic rings. The zero-order valence-corrected chi connectivity index (χ0v) is 17.8. The van der Waals surface area contributed by atoms with Gasteiger partial charge >= 0.3 is 0 Å². The van der Waals surface area contributed by atoms with Gasteiger partial charge in [-0.3, -0.25) is 9.59 Å². The van der Waals surface area contributed by atoms with Gasteiger partial charge in [-0.05, 0) is 44.9 Å². The van der Waals surface area contributed by atoms with Crippen molar-refractivity contribution in [2.75, 3.05) is 13.1 Å². The minimum absolute atomic E-state index is 0.0267. The molecule has 1 aromatic heterocycles. The topological polar surface area (TPSA) is 67.2 Å². The monoisotopic (exact) mass is 422 g/mol. The number of likely N-dealkylation sites (tertiary alicyclic amines) is 1. The average Bonchev–Trinajstić information content (AvgIpc) is 2.92. The number of hydrogen-bond donors (Lipinski definition) is 1. The van der Waals surface area contributed by atoms with Crippen LogP contribution < -0.4 is 5.32 Å². The van der Waals surface area contributed by atoms with Crippen molar-refractivity contribution in [3.8, 4) is 5.69 Å². The fourth-order valence-electron chi connectivity index (χ4n) is 3.58. The van der Waals surface area contributed by atoms with Gasteiger partial charge in [0.1, 0.15) is 0 Å². The number of aryl methyl sites for hydroxylation is 1. The molecule has 3 rings (SSSR count). The molecule has 1 N–H and O–H groups in total. The number of hydrogen-bond acceptors (Lipinski definition) is 3. The third kappa shape index (κ3) is 4.50. The Morgan fingerprint density at radius 2 is 1.86 bits per heavy atom. The smallest absolute Gasteiger partial charge is 0.224 e. The molecular formula is C20H24Cl2N4O2. The SMILES string of the molecule is CC(=O)N1CCC(NC(=O)Cc2c(C)nn(-c3ccc(Cl)c(Cl)c3)c2C)CC1. The molecule has 0 aliphatic carbocycles. The highest BCUT2D eigenvalue weighted by atomic mass is 35.5. The maximum atomic E-state index is 12.6. The standard InChI is InChI=1S/C20H24Cl2N4O2/c1-12-17(11-20(28)23-15-6-8-25(9-7-15)14(3)27)13(2)26(24-12)16-4-5-18(21)19(22)10-16/h4-5,10,15H,6-9,11H2,1-3H3,(H,23,28). The molecule has 2 amide bonds. The third-order valence-electron chi connectivity index (χ3n) is 5.23. The van der Waals surface area contributed by atoms with Crippen molar-refractivity contribution in [3.63, 3.8) is 0 Å². The van der Waals surface area contributed by atoms with E-state index in [-0.39, 0.29) is 24.3 Å². The number of halogens is 2. The Morgan fingerprint density at radius 1 is 1.18 bits per heavy atom. The number of piperidine rings is 1. The summed E-state index contributed by atoms with van der Waals surface area (Å²) < 4.78 is 1.78. The molecule has 0 spiro atoms. The Labute approximate surface area is 174 Å². The molecule has 8 heteroatoms. The van der Waals surface area contributed by atoms with Crippen molar-refractivity contribution < 1.29 is 9.59 Å². The van der Waals surface area contributed by atoms with Crippen LogP contribution in [-0.4, -0.2) is 45.6 Å². The summed E-state index contributed by atoms with van der Waals surface area (Å²) in [6.45, 7) is 6.79. The molecule has 28 heavy (non-hydrogen) atoms. The first kappa shape index (κ1) is 20.7. The van der Waals surface area contributed by atoms with Gasteiger partial charge in [0, 0.05) is 37.3 Å². The van der Waals surface area contributed by atoms with Crippen LogP contribution in [0, 0.1) is 13.8 Å². The van der Waals surface area contributed by atoms with Crippen LogP contribution in [0.25, 0.3) is 5.69 Å². The summed E-state index contributed by atoms with van der Waals surface area (Å²) in [5.41, 5.74) is 3.42. The number of carbonyl (C=O) groups excluding carboxylic acids is 2. The van der Waals surface area contributed by atoms with E-state index >= 15 is 0 Å². The number of nitrogens with one attached hydrogen (secondary N) is 1. The zero-order chi connectivity index (χ0) is 20.4. The highest BCUT2D eigenvalue weighted by Crippen LogP contribution is 2.26. The molecule has 150 valence electrons. The summed E-state index contributed by atoms with van der Waals surface area (Å²) in [4.78, 5) is 25.8. The summed E-state index contributed by atoms with van der Waals surface area (Å²) in [5, 5.41) is 8.61. The summed E-state index contributed by atoms with van der Waals surface area (Å²) >= 11 is 12.1. The van der Waals surface area contributed by atoms with E-state index in [2.05, 4.69) is 10.4 Å². The number of rotatable bonds is 4. The molecule has 0 saturated carbocycles. The number of amides is 2. The number of aromatic nitrogens is 2. The number of nitrogens with zero attached hydrogens (tertiary/aromatic N) is 3. The Kier molecular flexibility index (Phi) is 6.30. The second kappa shape index (κ2) is 8.53. The fraction of sp³-hybridized carbons (Fsp3) is 0.450. The second-order valence-corrected chi connectivity index (χ2v) is 8.00. The molecule has 1 aromatic carbocycles. The van der Waals surface area contributed by atoms with Crippen LogP contribution in [-0.2, 0) is 16.0 Å². The molecular weight excluding hydrogens is 399 g/mol. The van der Waals surface area contributed by atoms with Crippen molar-refractivity contribution >= 4 is 35.0 Å². The van der Waals surface area contributed by atoms with Crippen LogP contribution in [0.3, 0.4) is 0 Å². The average molecular weight is 423 g/mol. The maximum absolute atomic E-state index is 12.6. The van der Waals surface area contributed by atoms with Crippen LogP contribution in [0.4, 0.5) is 0 Å². The van der Waals surface area contributed by atoms with Crippen molar-refractivity contribution in [1.82, 2.24) is 20.0 Å². The summed E-state index contributed by atoms with van der Waals surface area (Å²) in [5.74, 6) is 0.0620. The van der Waals surface area contributed by atoms with Gasteiger partial charge in [-0.15, -0.1) is 0 Å². The van der Waals surface area contributed by atoms with E-state index in [0.717, 1.165) is 35.5 Å². The van der Waals surface area contributed by atoms with Gasteiger partial charge in [-0.1, -0.05) is 23.2 Å². The maximum Gasteiger partial charge on any atom is 0.224 e. The van der Waals surface area contributed by atoms with E-state index in [1.54, 1.807) is 23.7 Å². The van der Waals surface area contributed by atoms with Gasteiger partial charge in [-0.25, -0.2) is 4.68 Å². The van der Waals surface area contributed by atoms with Gasteiger partial charge in [0.05, 0.1) is 27.8 Å². The molecule has 0 unspecified atom stereocenters. The van der Waals surface area contributed by atoms with E-state index in [9.17, 15) is 9.59 Å². The third-order valence-corrected chi connectivity index (χ3v) is 5.97. The molecule has 1 fully saturated rings. The Hall–Kier alpha value is -2.05. The van der Waals surface area contributed by atoms with Crippen molar-refractivity contribution in [1.29, 1.82) is 0 Å². The lowest BCUT2D eigenvalue weighted by atomic mass is 10.0. The Balaban J connectivity index is 1.67. The first-order valence-electron chi connectivity index (χ1n) is 9.31. The first-order valence-corrected chi connectivity index (χ1v) is 10.1. The van der Waals surface area contributed by atoms with Crippen LogP contribution in [0.15, 0.2) is 18.2 Å². The minimum atomic E-state index is -0.0267. The van der Waals surface area contributed by atoms with Gasteiger partial charge in [0.15, 0.2) is 0 Å². The van der Waals surface area contributed by atoms with Crippen LogP contribution in [0.5, 0.6) is 0 Å². The predicted octanol–water partition coefficient (Wildman–Crippen LogP) is 3.47. The largest absolute Gasteiger partial charge is 0.353 e. The Bertz CT molecular complexity index is 902. The summed E-state index contributed by atoms with van der Waals surface area (Å²) in [6.07, 6.45) is 1.84. The molecule has 1 saturated heterocycles. The fourth-order valence-corrected chi connectivity index (χ4v) is 3.87. The highest BCUT2D eigenvalue weighted by Gasteiger charge is 2.23. The van der Waals surface area contributed by atoms with Gasteiger partial charge < -0.3 is 10.2 Å². The van der Waals surface area contributed by atoms with Crippen LogP contribution in [0.2, 0.25) is 10.0 Å². The predicted molar refractivity (Wildman–Crippen MR) is 110 cm³/mol. The molecule has 0 atom stereocenters. The van der Waals surface area contributed by atoms with E-state index in [4.69, 9.17) is 23.2 Å². The van der Waals surface area contributed by atoms with E-state index in [1.165, 1.54) is 0 Å². The lowest BCUT2D eigenvalue weighted by Gasteiger charge is -2.31. The van der Waals surface area contributed by atoms with Crippen LogP contribution >= 0.6 is 23.2 Å². The Morgan fingerprint density at radius 3 is 2.46 bits per heavy atom. The minimum Gasteiger partial charge on any atom is -0.353 e. The summed E-state index contributed by atoms with van der Waals surface area (Å²) in [7, 11) is 0. The quantitative estimate of drug-likeness (QED) is 0.819. The molecule has 2 heterocycles. The van der Waals surface area contributed by atoms with Crippen molar-refractivity contribution in [2.24, 2.45) is 0 Å². The second-order valence-electron chi connectivity index (χ2n) is 7.18. The molecule has 0 bridgehead atoms. The zero-order valence-electron chi connectivity index (χ0n) is 16.3. The highest BCUT2D eigenvalue weighted by molar-refractivity contribution is 6.42. The van der Waals surface area contributed by atoms with Crippen molar-refractivity contribution in [3.05, 3.63) is 45.2 Å². The lowest BCUT2D eigenvalue weighted by Crippen LogP contribution is -2.46. The van der Waals surface area contributed by atoms with Gasteiger partial charge in [0.25, 0.3) is 0 Å². The van der Waals surface area contributed by atoms with Crippen molar-refractivity contribution in [2.45, 2.75) is 46.1 Å². The van der Waals surface area contributed by atoms with E-state index < -0.39 is 0 Å². The normalized spacial score (nSPS) is 15.0. The van der Waals surface area contributed by atoms with E-state index in [1.807, 2.05) is 24.8 Å².